The lowest BCUT2D eigenvalue weighted by atomic mass is 10.0. The highest BCUT2D eigenvalue weighted by Gasteiger charge is 2.06. The molecule has 1 atom stereocenters. The summed E-state index contributed by atoms with van der Waals surface area (Å²) < 4.78 is 5.80. The average molecular weight is 230 g/mol. The molecule has 0 N–H and O–H groups in total. The van der Waals surface area contributed by atoms with E-state index in [0.29, 0.717) is 0 Å². The van der Waals surface area contributed by atoms with Crippen LogP contribution in [0.1, 0.15) is 24.8 Å². The van der Waals surface area contributed by atoms with E-state index in [-0.39, 0.29) is 6.10 Å². The molecule has 17 heavy (non-hydrogen) atoms. The third-order valence-corrected chi connectivity index (χ3v) is 2.70. The van der Waals surface area contributed by atoms with Crippen LogP contribution in [0.15, 0.2) is 55.6 Å². The first-order valence-electron chi connectivity index (χ1n) is 6.24. The maximum atomic E-state index is 5.80. The van der Waals surface area contributed by atoms with Crippen LogP contribution in [0.5, 0.6) is 0 Å². The minimum Gasteiger partial charge on any atom is -0.378 e. The smallest absolute Gasteiger partial charge is 0.0612 e. The fourth-order valence-corrected chi connectivity index (χ4v) is 1.75. The zero-order chi connectivity index (χ0) is 12.3. The molecule has 0 heterocycles. The van der Waals surface area contributed by atoms with E-state index in [0.717, 1.165) is 32.3 Å². The van der Waals surface area contributed by atoms with Crippen molar-refractivity contribution in [3.8, 4) is 0 Å². The van der Waals surface area contributed by atoms with Gasteiger partial charge in [-0.1, -0.05) is 42.5 Å². The van der Waals surface area contributed by atoms with Gasteiger partial charge >= 0.3 is 0 Å². The lowest BCUT2D eigenvalue weighted by molar-refractivity contribution is 0.0530. The van der Waals surface area contributed by atoms with Gasteiger partial charge in [-0.05, 0) is 31.2 Å². The molecule has 0 aliphatic rings. The van der Waals surface area contributed by atoms with E-state index in [9.17, 15) is 0 Å². The summed E-state index contributed by atoms with van der Waals surface area (Å²) in [5, 5.41) is 0. The third kappa shape index (κ3) is 6.08. The Balaban J connectivity index is 2.33. The summed E-state index contributed by atoms with van der Waals surface area (Å²) in [6, 6.07) is 10.5. The standard InChI is InChI=1S/C16H22O/c1-3-5-14-17-16(9-4-2)13-12-15-10-7-6-8-11-15/h3-4,6-8,10-11,16H,1-2,5,9,12-14H2/t16-/m0/s1. The molecule has 1 aromatic rings. The molecule has 0 spiro atoms. The lowest BCUT2D eigenvalue weighted by Gasteiger charge is -2.15. The average Bonchev–Trinajstić information content (AvgIpc) is 2.37. The van der Waals surface area contributed by atoms with E-state index in [1.807, 2.05) is 18.2 Å². The topological polar surface area (TPSA) is 9.23 Å². The van der Waals surface area contributed by atoms with Crippen molar-refractivity contribution in [2.45, 2.75) is 31.8 Å². The highest BCUT2D eigenvalue weighted by atomic mass is 16.5. The predicted molar refractivity (Wildman–Crippen MR) is 74.1 cm³/mol. The second-order valence-electron chi connectivity index (χ2n) is 4.12. The number of ether oxygens (including phenoxy) is 1. The van der Waals surface area contributed by atoms with Crippen LogP contribution in [0, 0.1) is 0 Å². The highest BCUT2D eigenvalue weighted by Crippen LogP contribution is 2.11. The monoisotopic (exact) mass is 230 g/mol. The van der Waals surface area contributed by atoms with E-state index >= 15 is 0 Å². The van der Waals surface area contributed by atoms with Crippen LogP contribution in [0.25, 0.3) is 0 Å². The molecular weight excluding hydrogens is 208 g/mol. The van der Waals surface area contributed by atoms with Gasteiger partial charge in [0.25, 0.3) is 0 Å². The number of hydrogen-bond acceptors (Lipinski definition) is 1. The van der Waals surface area contributed by atoms with E-state index in [1.165, 1.54) is 5.56 Å². The summed E-state index contributed by atoms with van der Waals surface area (Å²) in [6.07, 6.45) is 8.06. The second kappa shape index (κ2) is 8.77. The Morgan fingerprint density at radius 1 is 1.12 bits per heavy atom. The van der Waals surface area contributed by atoms with Gasteiger partial charge in [0, 0.05) is 0 Å². The number of hydrogen-bond donors (Lipinski definition) is 0. The Hall–Kier alpha value is -1.34. The zero-order valence-electron chi connectivity index (χ0n) is 10.5. The molecule has 1 rings (SSSR count). The fraction of sp³-hybridized carbons (Fsp3) is 0.375. The Kier molecular flexibility index (Phi) is 7.08. The molecule has 1 nitrogen and oxygen atoms in total. The van der Waals surface area contributed by atoms with Crippen molar-refractivity contribution in [1.82, 2.24) is 0 Å². The van der Waals surface area contributed by atoms with E-state index in [1.54, 1.807) is 0 Å². The number of aryl methyl sites for hydroxylation is 1. The van der Waals surface area contributed by atoms with Crippen LogP contribution >= 0.6 is 0 Å². The van der Waals surface area contributed by atoms with Gasteiger partial charge in [-0.2, -0.15) is 0 Å². The molecule has 0 aliphatic carbocycles. The van der Waals surface area contributed by atoms with E-state index in [2.05, 4.69) is 37.4 Å². The molecule has 0 saturated heterocycles. The molecule has 0 fully saturated rings. The number of benzene rings is 1. The molecule has 1 aromatic carbocycles. The molecule has 1 heteroatoms. The zero-order valence-corrected chi connectivity index (χ0v) is 10.5. The first kappa shape index (κ1) is 13.7. The van der Waals surface area contributed by atoms with Crippen LogP contribution in [0.3, 0.4) is 0 Å². The Labute approximate surface area is 105 Å². The van der Waals surface area contributed by atoms with Crippen molar-refractivity contribution >= 4 is 0 Å². The molecular formula is C16H22O. The predicted octanol–water partition coefficient (Wildman–Crippen LogP) is 4.16. The molecule has 0 unspecified atom stereocenters. The lowest BCUT2D eigenvalue weighted by Crippen LogP contribution is -2.13. The Morgan fingerprint density at radius 2 is 1.88 bits per heavy atom. The SMILES string of the molecule is C=CCCO[C@@H](CC=C)CCc1ccccc1. The molecule has 92 valence electrons. The quantitative estimate of drug-likeness (QED) is 0.457. The first-order valence-corrected chi connectivity index (χ1v) is 6.24. The fourth-order valence-electron chi connectivity index (χ4n) is 1.75. The maximum absolute atomic E-state index is 5.80. The summed E-state index contributed by atoms with van der Waals surface area (Å²) in [7, 11) is 0. The normalized spacial score (nSPS) is 12.0. The van der Waals surface area contributed by atoms with Gasteiger partial charge in [0.05, 0.1) is 12.7 Å². The Bertz CT molecular complexity index is 316. The van der Waals surface area contributed by atoms with Gasteiger partial charge in [0.2, 0.25) is 0 Å². The van der Waals surface area contributed by atoms with Crippen molar-refractivity contribution < 1.29 is 4.74 Å². The van der Waals surface area contributed by atoms with Crippen LogP contribution in [-0.4, -0.2) is 12.7 Å². The van der Waals surface area contributed by atoms with E-state index < -0.39 is 0 Å². The molecule has 0 bridgehead atoms. The van der Waals surface area contributed by atoms with Gasteiger partial charge in [0.1, 0.15) is 0 Å². The maximum Gasteiger partial charge on any atom is 0.0612 e. The minimum atomic E-state index is 0.285. The summed E-state index contributed by atoms with van der Waals surface area (Å²) in [4.78, 5) is 0. The van der Waals surface area contributed by atoms with Gasteiger partial charge < -0.3 is 4.74 Å². The van der Waals surface area contributed by atoms with Gasteiger partial charge in [-0.15, -0.1) is 13.2 Å². The van der Waals surface area contributed by atoms with Gasteiger partial charge in [-0.3, -0.25) is 0 Å². The summed E-state index contributed by atoms with van der Waals surface area (Å²) in [6.45, 7) is 8.24. The van der Waals surface area contributed by atoms with Crippen molar-refractivity contribution in [2.75, 3.05) is 6.61 Å². The third-order valence-electron chi connectivity index (χ3n) is 2.70. The number of rotatable bonds is 9. The summed E-state index contributed by atoms with van der Waals surface area (Å²) >= 11 is 0. The van der Waals surface area contributed by atoms with Crippen LogP contribution in [-0.2, 0) is 11.2 Å². The van der Waals surface area contributed by atoms with Crippen molar-refractivity contribution in [3.05, 3.63) is 61.2 Å². The molecule has 0 aromatic heterocycles. The van der Waals surface area contributed by atoms with E-state index in [4.69, 9.17) is 4.74 Å². The van der Waals surface area contributed by atoms with Crippen LogP contribution in [0.4, 0.5) is 0 Å². The summed E-state index contributed by atoms with van der Waals surface area (Å²) in [5.74, 6) is 0. The Morgan fingerprint density at radius 3 is 2.53 bits per heavy atom. The van der Waals surface area contributed by atoms with Gasteiger partial charge in [0.15, 0.2) is 0 Å². The highest BCUT2D eigenvalue weighted by molar-refractivity contribution is 5.14. The molecule has 0 radical (unpaired) electrons. The molecule has 0 amide bonds. The minimum absolute atomic E-state index is 0.285. The largest absolute Gasteiger partial charge is 0.378 e. The van der Waals surface area contributed by atoms with Crippen molar-refractivity contribution in [2.24, 2.45) is 0 Å². The van der Waals surface area contributed by atoms with Gasteiger partial charge in [-0.25, -0.2) is 0 Å². The van der Waals surface area contributed by atoms with Crippen molar-refractivity contribution in [3.63, 3.8) is 0 Å². The van der Waals surface area contributed by atoms with Crippen molar-refractivity contribution in [1.29, 1.82) is 0 Å². The summed E-state index contributed by atoms with van der Waals surface area (Å²) in [5.41, 5.74) is 1.37. The molecule has 0 saturated carbocycles. The first-order chi connectivity index (χ1) is 8.36. The van der Waals surface area contributed by atoms with Crippen LogP contribution < -0.4 is 0 Å². The molecule has 0 aliphatic heterocycles. The second-order valence-corrected chi connectivity index (χ2v) is 4.12. The van der Waals surface area contributed by atoms with Crippen LogP contribution in [0.2, 0.25) is 0 Å².